The first-order valence-electron chi connectivity index (χ1n) is 5.81. The lowest BCUT2D eigenvalue weighted by Crippen LogP contribution is -2.25. The minimum atomic E-state index is -0.360. The molecule has 1 aliphatic carbocycles. The van der Waals surface area contributed by atoms with Crippen molar-refractivity contribution in [3.8, 4) is 5.75 Å². The molecular weight excluding hydrogens is 218 g/mol. The molecule has 1 amide bonds. The average Bonchev–Trinajstić information content (AvgIpc) is 2.67. The van der Waals surface area contributed by atoms with Crippen molar-refractivity contribution >= 4 is 5.91 Å². The van der Waals surface area contributed by atoms with Gasteiger partial charge < -0.3 is 15.6 Å². The number of aliphatic hydroxyl groups is 1. The van der Waals surface area contributed by atoms with E-state index in [9.17, 15) is 9.90 Å². The molecule has 3 N–H and O–H groups in total. The highest BCUT2D eigenvalue weighted by molar-refractivity contribution is 5.76. The number of rotatable bonds is 4. The van der Waals surface area contributed by atoms with E-state index in [1.54, 1.807) is 6.92 Å². The lowest BCUT2D eigenvalue weighted by Gasteiger charge is -2.11. The lowest BCUT2D eigenvalue weighted by atomic mass is 10.1. The molecule has 0 saturated carbocycles. The summed E-state index contributed by atoms with van der Waals surface area (Å²) >= 11 is 0. The summed E-state index contributed by atoms with van der Waals surface area (Å²) < 4.78 is 5.51. The van der Waals surface area contributed by atoms with Crippen LogP contribution >= 0.6 is 0 Å². The molecular formula is C13H17NO3. The SMILES string of the molecule is CC(COc1ccc2c(c1)CCC2O)C(N)=O. The van der Waals surface area contributed by atoms with Crippen molar-refractivity contribution in [2.45, 2.75) is 25.9 Å². The summed E-state index contributed by atoms with van der Waals surface area (Å²) in [4.78, 5) is 10.9. The topological polar surface area (TPSA) is 72.6 Å². The Morgan fingerprint density at radius 3 is 3.12 bits per heavy atom. The van der Waals surface area contributed by atoms with Crippen LogP contribution in [0.2, 0.25) is 0 Å². The fraction of sp³-hybridized carbons (Fsp3) is 0.462. The van der Waals surface area contributed by atoms with E-state index in [1.807, 2.05) is 18.2 Å². The molecule has 1 aromatic carbocycles. The number of benzene rings is 1. The van der Waals surface area contributed by atoms with Gasteiger partial charge in [0.25, 0.3) is 0 Å². The summed E-state index contributed by atoms with van der Waals surface area (Å²) in [6, 6.07) is 5.64. The molecule has 92 valence electrons. The van der Waals surface area contributed by atoms with Crippen LogP contribution < -0.4 is 10.5 Å². The molecule has 1 aromatic rings. The lowest BCUT2D eigenvalue weighted by molar-refractivity contribution is -0.122. The Morgan fingerprint density at radius 2 is 2.41 bits per heavy atom. The zero-order chi connectivity index (χ0) is 12.4. The first kappa shape index (κ1) is 11.9. The molecule has 2 rings (SSSR count). The summed E-state index contributed by atoms with van der Waals surface area (Å²) in [6.45, 7) is 2.02. The highest BCUT2D eigenvalue weighted by atomic mass is 16.5. The van der Waals surface area contributed by atoms with Crippen molar-refractivity contribution in [3.63, 3.8) is 0 Å². The van der Waals surface area contributed by atoms with Crippen molar-refractivity contribution in [2.24, 2.45) is 11.7 Å². The van der Waals surface area contributed by atoms with Gasteiger partial charge in [-0.25, -0.2) is 0 Å². The molecule has 0 radical (unpaired) electrons. The van der Waals surface area contributed by atoms with Crippen LogP contribution in [0.3, 0.4) is 0 Å². The fourth-order valence-electron chi connectivity index (χ4n) is 1.96. The quantitative estimate of drug-likeness (QED) is 0.822. The largest absolute Gasteiger partial charge is 0.493 e. The summed E-state index contributed by atoms with van der Waals surface area (Å²) in [5.74, 6) is 0.0707. The number of hydrogen-bond donors (Lipinski definition) is 2. The zero-order valence-electron chi connectivity index (χ0n) is 9.85. The van der Waals surface area contributed by atoms with Gasteiger partial charge >= 0.3 is 0 Å². The van der Waals surface area contributed by atoms with Crippen LogP contribution in [0.4, 0.5) is 0 Å². The minimum absolute atomic E-state index is 0.288. The smallest absolute Gasteiger partial charge is 0.223 e. The van der Waals surface area contributed by atoms with Gasteiger partial charge in [-0.15, -0.1) is 0 Å². The van der Waals surface area contributed by atoms with Gasteiger partial charge in [0.2, 0.25) is 5.91 Å². The summed E-state index contributed by atoms with van der Waals surface area (Å²) in [6.07, 6.45) is 1.30. The molecule has 1 aliphatic rings. The number of aliphatic hydroxyl groups excluding tert-OH is 1. The Balaban J connectivity index is 2.01. The molecule has 0 fully saturated rings. The van der Waals surface area contributed by atoms with Gasteiger partial charge in [0.15, 0.2) is 0 Å². The van der Waals surface area contributed by atoms with Gasteiger partial charge in [-0.2, -0.15) is 0 Å². The van der Waals surface area contributed by atoms with Gasteiger partial charge in [-0.1, -0.05) is 13.0 Å². The van der Waals surface area contributed by atoms with Crippen molar-refractivity contribution in [3.05, 3.63) is 29.3 Å². The molecule has 0 aromatic heterocycles. The van der Waals surface area contributed by atoms with E-state index in [0.717, 1.165) is 29.7 Å². The maximum Gasteiger partial charge on any atom is 0.223 e. The van der Waals surface area contributed by atoms with Crippen LogP contribution in [0, 0.1) is 5.92 Å². The van der Waals surface area contributed by atoms with Crippen LogP contribution in [0.1, 0.15) is 30.6 Å². The van der Waals surface area contributed by atoms with Crippen LogP contribution in [0.15, 0.2) is 18.2 Å². The third-order valence-electron chi connectivity index (χ3n) is 3.15. The normalized spacial score (nSPS) is 19.8. The Bertz CT molecular complexity index is 431. The van der Waals surface area contributed by atoms with Gasteiger partial charge in [-0.05, 0) is 36.1 Å². The van der Waals surface area contributed by atoms with Crippen molar-refractivity contribution < 1.29 is 14.6 Å². The Kier molecular flexibility index (Phi) is 3.33. The van der Waals surface area contributed by atoms with E-state index >= 15 is 0 Å². The minimum Gasteiger partial charge on any atom is -0.493 e. The summed E-state index contributed by atoms with van der Waals surface area (Å²) in [5.41, 5.74) is 7.27. The van der Waals surface area contributed by atoms with E-state index in [2.05, 4.69) is 0 Å². The molecule has 2 atom stereocenters. The number of carbonyl (C=O) groups excluding carboxylic acids is 1. The number of amides is 1. The molecule has 4 nitrogen and oxygen atoms in total. The molecule has 0 aliphatic heterocycles. The van der Waals surface area contributed by atoms with Crippen molar-refractivity contribution in [1.29, 1.82) is 0 Å². The van der Waals surface area contributed by atoms with Gasteiger partial charge in [-0.3, -0.25) is 4.79 Å². The Labute approximate surface area is 100 Å². The van der Waals surface area contributed by atoms with Crippen molar-refractivity contribution in [2.75, 3.05) is 6.61 Å². The second-order valence-corrected chi connectivity index (χ2v) is 4.53. The predicted molar refractivity (Wildman–Crippen MR) is 63.6 cm³/mol. The number of carbonyl (C=O) groups is 1. The molecule has 0 bridgehead atoms. The number of fused-ring (bicyclic) bond motifs is 1. The van der Waals surface area contributed by atoms with Crippen LogP contribution in [0.25, 0.3) is 0 Å². The average molecular weight is 235 g/mol. The van der Waals surface area contributed by atoms with E-state index in [0.29, 0.717) is 0 Å². The van der Waals surface area contributed by atoms with Crippen LogP contribution in [-0.4, -0.2) is 17.6 Å². The second-order valence-electron chi connectivity index (χ2n) is 4.53. The van der Waals surface area contributed by atoms with Gasteiger partial charge in [0.1, 0.15) is 5.75 Å². The predicted octanol–water partition coefficient (Wildman–Crippen LogP) is 1.17. The van der Waals surface area contributed by atoms with E-state index in [1.165, 1.54) is 0 Å². The Hall–Kier alpha value is -1.55. The Morgan fingerprint density at radius 1 is 1.65 bits per heavy atom. The van der Waals surface area contributed by atoms with Crippen LogP contribution in [-0.2, 0) is 11.2 Å². The first-order valence-corrected chi connectivity index (χ1v) is 5.81. The number of nitrogens with two attached hydrogens (primary N) is 1. The van der Waals surface area contributed by atoms with E-state index in [-0.39, 0.29) is 24.5 Å². The number of hydrogen-bond acceptors (Lipinski definition) is 3. The van der Waals surface area contributed by atoms with E-state index < -0.39 is 0 Å². The molecule has 0 heterocycles. The third kappa shape index (κ3) is 2.58. The molecule has 0 spiro atoms. The monoisotopic (exact) mass is 235 g/mol. The third-order valence-corrected chi connectivity index (χ3v) is 3.15. The summed E-state index contributed by atoms with van der Waals surface area (Å²) in [7, 11) is 0. The number of primary amides is 1. The molecule has 2 unspecified atom stereocenters. The fourth-order valence-corrected chi connectivity index (χ4v) is 1.96. The second kappa shape index (κ2) is 4.75. The van der Waals surface area contributed by atoms with Crippen LogP contribution in [0.5, 0.6) is 5.75 Å². The molecule has 17 heavy (non-hydrogen) atoms. The zero-order valence-corrected chi connectivity index (χ0v) is 9.85. The highest BCUT2D eigenvalue weighted by Crippen LogP contribution is 2.33. The standard InChI is InChI=1S/C13H17NO3/c1-8(13(14)16)7-17-10-3-4-11-9(6-10)2-5-12(11)15/h3-4,6,8,12,15H,2,5,7H2,1H3,(H2,14,16). The number of aryl methyl sites for hydroxylation is 1. The maximum atomic E-state index is 10.9. The van der Waals surface area contributed by atoms with E-state index in [4.69, 9.17) is 10.5 Å². The maximum absolute atomic E-state index is 10.9. The summed E-state index contributed by atoms with van der Waals surface area (Å²) in [5, 5.41) is 9.66. The first-order chi connectivity index (χ1) is 8.08. The van der Waals surface area contributed by atoms with Gasteiger partial charge in [0.05, 0.1) is 18.6 Å². The molecule has 4 heteroatoms. The van der Waals surface area contributed by atoms with Crippen molar-refractivity contribution in [1.82, 2.24) is 0 Å². The highest BCUT2D eigenvalue weighted by Gasteiger charge is 2.20. The van der Waals surface area contributed by atoms with Gasteiger partial charge in [0, 0.05) is 0 Å². The molecule has 0 saturated heterocycles. The number of ether oxygens (including phenoxy) is 1.